The van der Waals surface area contributed by atoms with Crippen LogP contribution in [0.3, 0.4) is 0 Å². The number of carbonyl (C=O) groups excluding carboxylic acids is 2. The monoisotopic (exact) mass is 482 g/mol. The molecule has 6 nitrogen and oxygen atoms in total. The predicted molar refractivity (Wildman–Crippen MR) is 111 cm³/mol. The molecule has 0 spiro atoms. The van der Waals surface area contributed by atoms with Gasteiger partial charge in [0.25, 0.3) is 11.8 Å². The van der Waals surface area contributed by atoms with Gasteiger partial charge in [0, 0.05) is 16.4 Å². The standard InChI is InChI=1S/C19H13BrCl2N2O4/c20-17-7-6-16(28-17)19(26)24-13-3-1-2-12(9-13)23-18(25)10-27-15-5-4-11(21)8-14(15)22/h1-9H,10H2,(H,23,25)(H,24,26). The Bertz CT molecular complexity index is 1020. The second-order valence-corrected chi connectivity index (χ2v) is 7.18. The lowest BCUT2D eigenvalue weighted by Crippen LogP contribution is -2.20. The zero-order valence-electron chi connectivity index (χ0n) is 14.2. The second kappa shape index (κ2) is 9.14. The summed E-state index contributed by atoms with van der Waals surface area (Å²) in [5.74, 6) is -0.277. The topological polar surface area (TPSA) is 80.6 Å². The normalized spacial score (nSPS) is 10.4. The SMILES string of the molecule is O=C(COc1ccc(Cl)cc1Cl)Nc1cccc(NC(=O)c2ccc(Br)o2)c1. The molecule has 0 saturated carbocycles. The summed E-state index contributed by atoms with van der Waals surface area (Å²) in [7, 11) is 0. The van der Waals surface area contributed by atoms with Crippen LogP contribution in [0.25, 0.3) is 0 Å². The minimum Gasteiger partial charge on any atom is -0.482 e. The average molecular weight is 484 g/mol. The zero-order chi connectivity index (χ0) is 20.1. The third-order valence-electron chi connectivity index (χ3n) is 3.45. The summed E-state index contributed by atoms with van der Waals surface area (Å²) in [6.07, 6.45) is 0. The van der Waals surface area contributed by atoms with Gasteiger partial charge in [0.2, 0.25) is 0 Å². The van der Waals surface area contributed by atoms with Crippen LogP contribution in [0.4, 0.5) is 11.4 Å². The quantitative estimate of drug-likeness (QED) is 0.476. The van der Waals surface area contributed by atoms with E-state index in [0.29, 0.717) is 31.8 Å². The van der Waals surface area contributed by atoms with Crippen LogP contribution in [0, 0.1) is 0 Å². The number of amides is 2. The molecule has 144 valence electrons. The molecule has 0 bridgehead atoms. The molecule has 3 rings (SSSR count). The minimum absolute atomic E-state index is 0.162. The highest BCUT2D eigenvalue weighted by molar-refractivity contribution is 9.10. The van der Waals surface area contributed by atoms with Crippen molar-refractivity contribution in [3.63, 3.8) is 0 Å². The molecule has 1 aromatic heterocycles. The fraction of sp³-hybridized carbons (Fsp3) is 0.0526. The van der Waals surface area contributed by atoms with Crippen LogP contribution in [0.5, 0.6) is 5.75 Å². The third-order valence-corrected chi connectivity index (χ3v) is 4.41. The van der Waals surface area contributed by atoms with E-state index in [9.17, 15) is 9.59 Å². The Morgan fingerprint density at radius 2 is 1.75 bits per heavy atom. The lowest BCUT2D eigenvalue weighted by Gasteiger charge is -2.10. The van der Waals surface area contributed by atoms with Gasteiger partial charge in [0.05, 0.1) is 5.02 Å². The molecule has 0 aliphatic carbocycles. The fourth-order valence-corrected chi connectivity index (χ4v) is 3.01. The molecule has 2 amide bonds. The number of halogens is 3. The molecule has 0 radical (unpaired) electrons. The van der Waals surface area contributed by atoms with Gasteiger partial charge < -0.3 is 19.8 Å². The molecule has 0 unspecified atom stereocenters. The number of anilines is 2. The first kappa shape index (κ1) is 20.3. The number of nitrogens with one attached hydrogen (secondary N) is 2. The van der Waals surface area contributed by atoms with E-state index in [1.165, 1.54) is 6.07 Å². The maximum Gasteiger partial charge on any atom is 0.291 e. The smallest absolute Gasteiger partial charge is 0.291 e. The highest BCUT2D eigenvalue weighted by Crippen LogP contribution is 2.27. The van der Waals surface area contributed by atoms with Gasteiger partial charge in [0.1, 0.15) is 5.75 Å². The van der Waals surface area contributed by atoms with E-state index < -0.39 is 5.91 Å². The zero-order valence-corrected chi connectivity index (χ0v) is 17.3. The van der Waals surface area contributed by atoms with Crippen molar-refractivity contribution in [2.75, 3.05) is 17.2 Å². The highest BCUT2D eigenvalue weighted by Gasteiger charge is 2.12. The van der Waals surface area contributed by atoms with Crippen LogP contribution >= 0.6 is 39.1 Å². The van der Waals surface area contributed by atoms with Crippen LogP contribution in [0.2, 0.25) is 10.0 Å². The van der Waals surface area contributed by atoms with Crippen molar-refractivity contribution in [1.29, 1.82) is 0 Å². The first-order chi connectivity index (χ1) is 13.4. The van der Waals surface area contributed by atoms with Crippen LogP contribution in [-0.2, 0) is 4.79 Å². The Morgan fingerprint density at radius 3 is 2.43 bits per heavy atom. The predicted octanol–water partition coefficient (Wildman–Crippen LogP) is 5.62. The van der Waals surface area contributed by atoms with E-state index in [-0.39, 0.29) is 18.3 Å². The van der Waals surface area contributed by atoms with Crippen LogP contribution in [0.15, 0.2) is 63.7 Å². The molecule has 0 aliphatic heterocycles. The number of hydrogen-bond acceptors (Lipinski definition) is 4. The van der Waals surface area contributed by atoms with Crippen molar-refractivity contribution >= 4 is 62.3 Å². The van der Waals surface area contributed by atoms with Crippen molar-refractivity contribution in [1.82, 2.24) is 0 Å². The first-order valence-electron chi connectivity index (χ1n) is 7.95. The average Bonchev–Trinajstić information content (AvgIpc) is 3.08. The third kappa shape index (κ3) is 5.51. The van der Waals surface area contributed by atoms with Gasteiger partial charge in [-0.05, 0) is 64.5 Å². The summed E-state index contributed by atoms with van der Waals surface area (Å²) in [5, 5.41) is 6.16. The Kier molecular flexibility index (Phi) is 6.61. The maximum atomic E-state index is 12.1. The molecule has 9 heteroatoms. The second-order valence-electron chi connectivity index (χ2n) is 5.55. The number of furan rings is 1. The van der Waals surface area contributed by atoms with Crippen LogP contribution < -0.4 is 15.4 Å². The van der Waals surface area contributed by atoms with Crippen molar-refractivity contribution < 1.29 is 18.7 Å². The molecule has 28 heavy (non-hydrogen) atoms. The summed E-state index contributed by atoms with van der Waals surface area (Å²) in [6, 6.07) is 14.6. The Morgan fingerprint density at radius 1 is 1.00 bits per heavy atom. The molecule has 2 N–H and O–H groups in total. The Hall–Kier alpha value is -2.48. The van der Waals surface area contributed by atoms with E-state index in [1.807, 2.05) is 0 Å². The van der Waals surface area contributed by atoms with Crippen molar-refractivity contribution in [3.8, 4) is 5.75 Å². The summed E-state index contributed by atoms with van der Waals surface area (Å²) in [5.41, 5.74) is 0.992. The van der Waals surface area contributed by atoms with Gasteiger partial charge in [0.15, 0.2) is 17.0 Å². The molecule has 0 fully saturated rings. The lowest BCUT2D eigenvalue weighted by molar-refractivity contribution is -0.118. The van der Waals surface area contributed by atoms with Gasteiger partial charge in [-0.3, -0.25) is 9.59 Å². The van der Waals surface area contributed by atoms with E-state index in [0.717, 1.165) is 0 Å². The van der Waals surface area contributed by atoms with E-state index >= 15 is 0 Å². The largest absolute Gasteiger partial charge is 0.482 e. The maximum absolute atomic E-state index is 12.1. The molecule has 3 aromatic rings. The molecule has 0 saturated heterocycles. The van der Waals surface area contributed by atoms with Gasteiger partial charge in [-0.2, -0.15) is 0 Å². The summed E-state index contributed by atoms with van der Waals surface area (Å²) in [4.78, 5) is 24.2. The molecular formula is C19H13BrCl2N2O4. The van der Waals surface area contributed by atoms with E-state index in [4.69, 9.17) is 32.4 Å². The summed E-state index contributed by atoms with van der Waals surface area (Å²) >= 11 is 15.0. The molecular weight excluding hydrogens is 471 g/mol. The molecule has 1 heterocycles. The van der Waals surface area contributed by atoms with Crippen LogP contribution in [0.1, 0.15) is 10.6 Å². The van der Waals surface area contributed by atoms with Crippen molar-refractivity contribution in [2.24, 2.45) is 0 Å². The van der Waals surface area contributed by atoms with Gasteiger partial charge in [-0.25, -0.2) is 0 Å². The van der Waals surface area contributed by atoms with Gasteiger partial charge >= 0.3 is 0 Å². The Balaban J connectivity index is 1.57. The van der Waals surface area contributed by atoms with Crippen LogP contribution in [-0.4, -0.2) is 18.4 Å². The van der Waals surface area contributed by atoms with E-state index in [2.05, 4.69) is 26.6 Å². The van der Waals surface area contributed by atoms with Crippen molar-refractivity contribution in [3.05, 3.63) is 75.1 Å². The van der Waals surface area contributed by atoms with Crippen molar-refractivity contribution in [2.45, 2.75) is 0 Å². The number of rotatable bonds is 6. The lowest BCUT2D eigenvalue weighted by atomic mass is 10.2. The number of carbonyl (C=O) groups is 2. The highest BCUT2D eigenvalue weighted by atomic mass is 79.9. The van der Waals surface area contributed by atoms with Gasteiger partial charge in [-0.15, -0.1) is 0 Å². The fourth-order valence-electron chi connectivity index (χ4n) is 2.24. The minimum atomic E-state index is -0.408. The molecule has 0 atom stereocenters. The summed E-state index contributed by atoms with van der Waals surface area (Å²) < 4.78 is 11.1. The number of ether oxygens (including phenoxy) is 1. The summed E-state index contributed by atoms with van der Waals surface area (Å²) in [6.45, 7) is -0.238. The molecule has 2 aromatic carbocycles. The first-order valence-corrected chi connectivity index (χ1v) is 9.50. The number of benzene rings is 2. The molecule has 0 aliphatic rings. The van der Waals surface area contributed by atoms with Gasteiger partial charge in [-0.1, -0.05) is 29.3 Å². The van der Waals surface area contributed by atoms with E-state index in [1.54, 1.807) is 48.5 Å². The Labute approximate surface area is 178 Å². The number of hydrogen-bond donors (Lipinski definition) is 2.